The predicted molar refractivity (Wildman–Crippen MR) is 105 cm³/mol. The highest BCUT2D eigenvalue weighted by molar-refractivity contribution is 5.96. The summed E-state index contributed by atoms with van der Waals surface area (Å²) in [4.78, 5) is 40.5. The molecule has 3 aromatic rings. The highest BCUT2D eigenvalue weighted by atomic mass is 16.2. The van der Waals surface area contributed by atoms with E-state index in [2.05, 4.69) is 21.2 Å². The van der Waals surface area contributed by atoms with Crippen LogP contribution in [0, 0.1) is 0 Å². The summed E-state index contributed by atoms with van der Waals surface area (Å²) in [6.07, 6.45) is 0.0179. The van der Waals surface area contributed by atoms with Gasteiger partial charge in [-0.2, -0.15) is 0 Å². The normalized spacial score (nSPS) is 11.5. The van der Waals surface area contributed by atoms with Gasteiger partial charge in [0, 0.05) is 23.4 Å². The Bertz CT molecular complexity index is 1000. The first-order chi connectivity index (χ1) is 13.5. The summed E-state index contributed by atoms with van der Waals surface area (Å²) in [5.74, 6) is -1.19. The third-order valence-corrected chi connectivity index (χ3v) is 4.05. The van der Waals surface area contributed by atoms with Gasteiger partial charge in [0.2, 0.25) is 5.91 Å². The van der Waals surface area contributed by atoms with E-state index in [-0.39, 0.29) is 18.0 Å². The summed E-state index contributed by atoms with van der Waals surface area (Å²) in [7, 11) is 0. The molecule has 3 amide bonds. The van der Waals surface area contributed by atoms with Gasteiger partial charge in [0.05, 0.1) is 5.52 Å². The Morgan fingerprint density at radius 1 is 0.857 bits per heavy atom. The van der Waals surface area contributed by atoms with Crippen LogP contribution >= 0.6 is 0 Å². The first-order valence-corrected chi connectivity index (χ1v) is 8.84. The minimum atomic E-state index is -0.514. The number of nitrogens with one attached hydrogen (secondary N) is 3. The molecule has 0 aliphatic rings. The number of aromatic nitrogens is 1. The number of rotatable bonds is 5. The maximum Gasteiger partial charge on any atom is 0.288 e. The molecule has 0 saturated heterocycles. The van der Waals surface area contributed by atoms with Crippen LogP contribution in [-0.2, 0) is 4.79 Å². The van der Waals surface area contributed by atoms with E-state index in [0.717, 1.165) is 5.39 Å². The van der Waals surface area contributed by atoms with E-state index in [1.165, 1.54) is 0 Å². The van der Waals surface area contributed by atoms with Crippen LogP contribution in [0.3, 0.4) is 0 Å². The largest absolute Gasteiger partial charge is 0.349 e. The standard InChI is InChI=1S/C21H20N4O3/c1-14(22-20(27)16-8-3-2-4-9-16)13-19(26)24-25-21(28)18-12-11-15-7-5-6-10-17(15)23-18/h2-12,14H,13H2,1H3,(H,22,27)(H,24,26)(H,25,28). The summed E-state index contributed by atoms with van der Waals surface area (Å²) < 4.78 is 0. The van der Waals surface area contributed by atoms with Crippen molar-refractivity contribution in [2.24, 2.45) is 0 Å². The van der Waals surface area contributed by atoms with Crippen molar-refractivity contribution in [2.75, 3.05) is 0 Å². The monoisotopic (exact) mass is 376 g/mol. The van der Waals surface area contributed by atoms with Crippen LogP contribution in [0.4, 0.5) is 0 Å². The highest BCUT2D eigenvalue weighted by Crippen LogP contribution is 2.11. The topological polar surface area (TPSA) is 100 Å². The van der Waals surface area contributed by atoms with Gasteiger partial charge in [0.25, 0.3) is 11.8 Å². The fraction of sp³-hybridized carbons (Fsp3) is 0.143. The van der Waals surface area contributed by atoms with Crippen LogP contribution in [0.2, 0.25) is 0 Å². The first kappa shape index (κ1) is 19.0. The van der Waals surface area contributed by atoms with Gasteiger partial charge >= 0.3 is 0 Å². The molecule has 0 fully saturated rings. The molecular weight excluding hydrogens is 356 g/mol. The molecule has 0 saturated carbocycles. The Hall–Kier alpha value is -3.74. The summed E-state index contributed by atoms with van der Waals surface area (Å²) in [6, 6.07) is 19.2. The maximum atomic E-state index is 12.2. The molecule has 1 unspecified atom stereocenters. The number of nitrogens with zero attached hydrogens (tertiary/aromatic N) is 1. The smallest absolute Gasteiger partial charge is 0.288 e. The van der Waals surface area contributed by atoms with Gasteiger partial charge in [-0.05, 0) is 31.2 Å². The van der Waals surface area contributed by atoms with Crippen LogP contribution in [-0.4, -0.2) is 28.7 Å². The number of benzene rings is 2. The second-order valence-corrected chi connectivity index (χ2v) is 6.34. The molecule has 7 heteroatoms. The molecule has 7 nitrogen and oxygen atoms in total. The number of hydrazine groups is 1. The number of fused-ring (bicyclic) bond motifs is 1. The van der Waals surface area contributed by atoms with E-state index < -0.39 is 17.9 Å². The number of hydrogen-bond acceptors (Lipinski definition) is 4. The number of pyridine rings is 1. The maximum absolute atomic E-state index is 12.2. The summed E-state index contributed by atoms with van der Waals surface area (Å²) in [5.41, 5.74) is 6.09. The number of para-hydroxylation sites is 1. The average molecular weight is 376 g/mol. The molecule has 0 bridgehead atoms. The van der Waals surface area contributed by atoms with Crippen molar-refractivity contribution in [3.63, 3.8) is 0 Å². The van der Waals surface area contributed by atoms with Gasteiger partial charge in [-0.15, -0.1) is 0 Å². The van der Waals surface area contributed by atoms with E-state index in [9.17, 15) is 14.4 Å². The first-order valence-electron chi connectivity index (χ1n) is 8.84. The molecule has 0 spiro atoms. The van der Waals surface area contributed by atoms with Gasteiger partial charge in [-0.25, -0.2) is 4.98 Å². The lowest BCUT2D eigenvalue weighted by Crippen LogP contribution is -2.45. The molecule has 1 aromatic heterocycles. The van der Waals surface area contributed by atoms with Crippen molar-refractivity contribution in [3.05, 3.63) is 78.0 Å². The lowest BCUT2D eigenvalue weighted by atomic mass is 10.1. The molecule has 2 aromatic carbocycles. The second-order valence-electron chi connectivity index (χ2n) is 6.34. The molecule has 0 radical (unpaired) electrons. The zero-order valence-corrected chi connectivity index (χ0v) is 15.3. The Labute approximate surface area is 162 Å². The van der Waals surface area contributed by atoms with Crippen LogP contribution in [0.15, 0.2) is 66.7 Å². The van der Waals surface area contributed by atoms with Crippen LogP contribution in [0.1, 0.15) is 34.2 Å². The number of hydrogen-bond donors (Lipinski definition) is 3. The minimum absolute atomic E-state index is 0.0179. The molecule has 142 valence electrons. The third kappa shape index (κ3) is 4.91. The fourth-order valence-electron chi connectivity index (χ4n) is 2.66. The van der Waals surface area contributed by atoms with Crippen molar-refractivity contribution in [2.45, 2.75) is 19.4 Å². The highest BCUT2D eigenvalue weighted by Gasteiger charge is 2.14. The van der Waals surface area contributed by atoms with Gasteiger partial charge in [-0.3, -0.25) is 25.2 Å². The van der Waals surface area contributed by atoms with E-state index in [0.29, 0.717) is 11.1 Å². The summed E-state index contributed by atoms with van der Waals surface area (Å²) in [6.45, 7) is 1.72. The quantitative estimate of drug-likeness (QED) is 0.594. The van der Waals surface area contributed by atoms with E-state index in [1.54, 1.807) is 43.3 Å². The Kier molecular flexibility index (Phi) is 5.96. The molecule has 3 rings (SSSR count). The van der Waals surface area contributed by atoms with Crippen molar-refractivity contribution >= 4 is 28.6 Å². The predicted octanol–water partition coefficient (Wildman–Crippen LogP) is 2.20. The Morgan fingerprint density at radius 3 is 2.36 bits per heavy atom. The molecule has 28 heavy (non-hydrogen) atoms. The number of carbonyl (C=O) groups excluding carboxylic acids is 3. The summed E-state index contributed by atoms with van der Waals surface area (Å²) in [5, 5.41) is 3.66. The SMILES string of the molecule is CC(CC(=O)NNC(=O)c1ccc2ccccc2n1)NC(=O)c1ccccc1. The van der Waals surface area contributed by atoms with Crippen LogP contribution in [0.25, 0.3) is 10.9 Å². The molecule has 1 atom stereocenters. The van der Waals surface area contributed by atoms with E-state index in [1.807, 2.05) is 30.3 Å². The van der Waals surface area contributed by atoms with E-state index in [4.69, 9.17) is 0 Å². The van der Waals surface area contributed by atoms with Gasteiger partial charge < -0.3 is 5.32 Å². The van der Waals surface area contributed by atoms with Crippen LogP contribution in [0.5, 0.6) is 0 Å². The van der Waals surface area contributed by atoms with E-state index >= 15 is 0 Å². The molecule has 1 heterocycles. The Balaban J connectivity index is 1.49. The lowest BCUT2D eigenvalue weighted by Gasteiger charge is -2.14. The summed E-state index contributed by atoms with van der Waals surface area (Å²) >= 11 is 0. The number of carbonyl (C=O) groups is 3. The third-order valence-electron chi connectivity index (χ3n) is 4.05. The van der Waals surface area contributed by atoms with Gasteiger partial charge in [0.1, 0.15) is 5.69 Å². The van der Waals surface area contributed by atoms with Crippen molar-refractivity contribution < 1.29 is 14.4 Å². The Morgan fingerprint density at radius 2 is 1.57 bits per heavy atom. The molecule has 3 N–H and O–H groups in total. The van der Waals surface area contributed by atoms with Crippen molar-refractivity contribution in [1.29, 1.82) is 0 Å². The second kappa shape index (κ2) is 8.77. The van der Waals surface area contributed by atoms with Gasteiger partial charge in [-0.1, -0.05) is 42.5 Å². The molecular formula is C21H20N4O3. The number of amides is 3. The fourth-order valence-corrected chi connectivity index (χ4v) is 2.66. The lowest BCUT2D eigenvalue weighted by molar-refractivity contribution is -0.122. The molecule has 0 aliphatic heterocycles. The zero-order valence-electron chi connectivity index (χ0n) is 15.3. The van der Waals surface area contributed by atoms with Crippen molar-refractivity contribution in [3.8, 4) is 0 Å². The zero-order chi connectivity index (χ0) is 19.9. The minimum Gasteiger partial charge on any atom is -0.349 e. The van der Waals surface area contributed by atoms with Crippen molar-refractivity contribution in [1.82, 2.24) is 21.2 Å². The average Bonchev–Trinajstić information content (AvgIpc) is 2.72. The van der Waals surface area contributed by atoms with Gasteiger partial charge in [0.15, 0.2) is 0 Å². The van der Waals surface area contributed by atoms with Crippen LogP contribution < -0.4 is 16.2 Å². The molecule has 0 aliphatic carbocycles.